The van der Waals surface area contributed by atoms with Crippen LogP contribution >= 0.6 is 0 Å². The van der Waals surface area contributed by atoms with Crippen LogP contribution in [0.3, 0.4) is 0 Å². The van der Waals surface area contributed by atoms with Gasteiger partial charge in [0.15, 0.2) is 11.9 Å². The number of aliphatic hydroxyl groups excluding tert-OH is 2. The third-order valence-corrected chi connectivity index (χ3v) is 4.97. The molecule has 6 atom stereocenters. The monoisotopic (exact) mass is 400 g/mol. The fourth-order valence-electron chi connectivity index (χ4n) is 3.62. The number of β-amino-alcohol motifs (C(OH)–C–C–N with tert-alkyl or cyclic N) is 1. The third kappa shape index (κ3) is 5.30. The molecule has 0 bridgehead atoms. The van der Waals surface area contributed by atoms with Crippen LogP contribution in [-0.2, 0) is 23.8 Å². The van der Waals surface area contributed by atoms with Gasteiger partial charge in [0.05, 0.1) is 6.10 Å². The highest BCUT2D eigenvalue weighted by atomic mass is 16.7. The first-order chi connectivity index (χ1) is 13.1. The van der Waals surface area contributed by atoms with Crippen molar-refractivity contribution in [2.75, 3.05) is 20.7 Å². The number of hydrogen-bond donors (Lipinski definition) is 3. The van der Waals surface area contributed by atoms with Crippen LogP contribution in [0.15, 0.2) is 12.2 Å². The van der Waals surface area contributed by atoms with Crippen molar-refractivity contribution in [2.24, 2.45) is 0 Å². The van der Waals surface area contributed by atoms with Crippen molar-refractivity contribution in [1.82, 2.24) is 10.2 Å². The molecule has 0 saturated carbocycles. The molecule has 28 heavy (non-hydrogen) atoms. The summed E-state index contributed by atoms with van der Waals surface area (Å²) in [6.07, 6.45) is -0.396. The van der Waals surface area contributed by atoms with Crippen molar-refractivity contribution in [1.29, 1.82) is 0 Å². The molecule has 2 heterocycles. The molecule has 2 saturated heterocycles. The van der Waals surface area contributed by atoms with E-state index < -0.39 is 48.3 Å². The van der Waals surface area contributed by atoms with Crippen LogP contribution in [0.2, 0.25) is 0 Å². The first-order valence-corrected chi connectivity index (χ1v) is 9.52. The van der Waals surface area contributed by atoms with E-state index in [-0.39, 0.29) is 12.5 Å². The second-order valence-electron chi connectivity index (χ2n) is 7.75. The van der Waals surface area contributed by atoms with E-state index in [1.807, 2.05) is 0 Å². The maximum atomic E-state index is 12.9. The molecule has 0 aromatic carbocycles. The van der Waals surface area contributed by atoms with Crippen molar-refractivity contribution in [3.63, 3.8) is 0 Å². The summed E-state index contributed by atoms with van der Waals surface area (Å²) in [5.41, 5.74) is 0. The van der Waals surface area contributed by atoms with Crippen LogP contribution in [0.25, 0.3) is 0 Å². The molecule has 0 aromatic rings. The topological polar surface area (TPSA) is 118 Å². The fraction of sp³-hybridized carbons (Fsp3) is 0.789. The quantitative estimate of drug-likeness (QED) is 0.536. The van der Waals surface area contributed by atoms with Crippen LogP contribution in [0, 0.1) is 0 Å². The van der Waals surface area contributed by atoms with E-state index in [0.29, 0.717) is 12.8 Å². The van der Waals surface area contributed by atoms with Gasteiger partial charge in [0.25, 0.3) is 5.91 Å². The number of rotatable bonds is 5. The number of carbonyl (C=O) groups excluding carboxylic acids is 2. The summed E-state index contributed by atoms with van der Waals surface area (Å²) in [6.45, 7) is 5.41. The number of nitrogens with one attached hydrogen (secondary N) is 1. The van der Waals surface area contributed by atoms with Crippen LogP contribution in [0.4, 0.5) is 0 Å². The average molecular weight is 400 g/mol. The molecule has 2 rings (SSSR count). The summed E-state index contributed by atoms with van der Waals surface area (Å²) in [7, 11) is 2.93. The van der Waals surface area contributed by atoms with Gasteiger partial charge in [-0.15, -0.1) is 0 Å². The minimum absolute atomic E-state index is 0.222. The number of aliphatic hydroxyl groups is 2. The van der Waals surface area contributed by atoms with Crippen molar-refractivity contribution < 1.29 is 34.0 Å². The number of carbonyl (C=O) groups is 2. The minimum Gasteiger partial charge on any atom is -0.391 e. The number of amides is 2. The predicted octanol–water partition coefficient (Wildman–Crippen LogP) is -0.444. The van der Waals surface area contributed by atoms with E-state index in [1.165, 1.54) is 12.0 Å². The Kier molecular flexibility index (Phi) is 7.58. The van der Waals surface area contributed by atoms with Gasteiger partial charge in [-0.3, -0.25) is 9.59 Å². The van der Waals surface area contributed by atoms with E-state index >= 15 is 0 Å². The summed E-state index contributed by atoms with van der Waals surface area (Å²) in [6, 6.07) is -0.774. The lowest BCUT2D eigenvalue weighted by atomic mass is 9.98. The molecule has 6 unspecified atom stereocenters. The molecule has 0 aromatic heterocycles. The molecule has 9 heteroatoms. The molecule has 2 fully saturated rings. The number of ether oxygens (including phenoxy) is 3. The Labute approximate surface area is 165 Å². The summed E-state index contributed by atoms with van der Waals surface area (Å²) in [5, 5.41) is 23.2. The van der Waals surface area contributed by atoms with Gasteiger partial charge in [-0.1, -0.05) is 12.2 Å². The Morgan fingerprint density at radius 1 is 1.36 bits per heavy atom. The van der Waals surface area contributed by atoms with Gasteiger partial charge in [-0.25, -0.2) is 0 Å². The molecule has 2 aliphatic heterocycles. The Hall–Kier alpha value is -1.52. The molecular weight excluding hydrogens is 368 g/mol. The first kappa shape index (κ1) is 22.8. The summed E-state index contributed by atoms with van der Waals surface area (Å²) >= 11 is 0. The lowest BCUT2D eigenvalue weighted by Gasteiger charge is -2.45. The second kappa shape index (κ2) is 9.32. The van der Waals surface area contributed by atoms with Gasteiger partial charge >= 0.3 is 0 Å². The van der Waals surface area contributed by atoms with Gasteiger partial charge in [0.1, 0.15) is 24.4 Å². The maximum Gasteiger partial charge on any atom is 0.252 e. The summed E-state index contributed by atoms with van der Waals surface area (Å²) < 4.78 is 16.8. The highest BCUT2D eigenvalue weighted by Gasteiger charge is 2.47. The third-order valence-electron chi connectivity index (χ3n) is 4.97. The second-order valence-corrected chi connectivity index (χ2v) is 7.75. The van der Waals surface area contributed by atoms with Crippen molar-refractivity contribution >= 4 is 11.8 Å². The van der Waals surface area contributed by atoms with Crippen LogP contribution in [-0.4, -0.2) is 90.0 Å². The van der Waals surface area contributed by atoms with Gasteiger partial charge in [0.2, 0.25) is 5.91 Å². The Balaban J connectivity index is 2.16. The van der Waals surface area contributed by atoms with Gasteiger partial charge in [-0.05, 0) is 33.6 Å². The van der Waals surface area contributed by atoms with E-state index in [2.05, 4.69) is 5.32 Å². The standard InChI is InChI=1S/C19H32N2O7/c1-6-7-13-14(23)15(28-19(2,3)27-13)16(26-5)17(24)20-12-9-8-11(22)10-21(4)18(12)25/h6-7,11-16,22-23H,8-10H2,1-5H3,(H,20,24)/b7-6+. The van der Waals surface area contributed by atoms with Crippen molar-refractivity contribution in [3.8, 4) is 0 Å². The zero-order valence-corrected chi connectivity index (χ0v) is 17.1. The summed E-state index contributed by atoms with van der Waals surface area (Å²) in [4.78, 5) is 26.8. The number of hydrogen-bond acceptors (Lipinski definition) is 7. The lowest BCUT2D eigenvalue weighted by molar-refractivity contribution is -0.334. The molecule has 160 valence electrons. The zero-order chi connectivity index (χ0) is 21.1. The molecule has 9 nitrogen and oxygen atoms in total. The Morgan fingerprint density at radius 3 is 2.64 bits per heavy atom. The number of methoxy groups -OCH3 is 1. The van der Waals surface area contributed by atoms with Crippen LogP contribution in [0.1, 0.15) is 33.6 Å². The van der Waals surface area contributed by atoms with Gasteiger partial charge < -0.3 is 34.6 Å². The Bertz CT molecular complexity index is 595. The smallest absolute Gasteiger partial charge is 0.252 e. The highest BCUT2D eigenvalue weighted by molar-refractivity contribution is 5.89. The van der Waals surface area contributed by atoms with Crippen molar-refractivity contribution in [2.45, 2.75) is 76.0 Å². The average Bonchev–Trinajstić information content (AvgIpc) is 2.72. The predicted molar refractivity (Wildman–Crippen MR) is 100 cm³/mol. The molecule has 0 spiro atoms. The van der Waals surface area contributed by atoms with E-state index in [0.717, 1.165) is 0 Å². The first-order valence-electron chi connectivity index (χ1n) is 9.52. The molecule has 2 aliphatic rings. The number of nitrogens with zero attached hydrogens (tertiary/aromatic N) is 1. The van der Waals surface area contributed by atoms with Crippen molar-refractivity contribution in [3.05, 3.63) is 12.2 Å². The molecule has 3 N–H and O–H groups in total. The lowest BCUT2D eigenvalue weighted by Crippen LogP contribution is -2.62. The zero-order valence-electron chi connectivity index (χ0n) is 17.1. The fourth-order valence-corrected chi connectivity index (χ4v) is 3.62. The SMILES string of the molecule is C/C=C/C1OC(C)(C)OC(C(OC)C(=O)NC2CCC(O)CN(C)C2=O)C1O. The summed E-state index contributed by atoms with van der Waals surface area (Å²) in [5.74, 6) is -1.87. The largest absolute Gasteiger partial charge is 0.391 e. The number of likely N-dealkylation sites (N-methyl/N-ethyl adjacent to an activating group) is 1. The van der Waals surface area contributed by atoms with E-state index in [1.54, 1.807) is 40.0 Å². The van der Waals surface area contributed by atoms with Crippen LogP contribution < -0.4 is 5.32 Å². The number of likely N-dealkylation sites (tertiary alicyclic amines) is 1. The van der Waals surface area contributed by atoms with Gasteiger partial charge in [0, 0.05) is 20.7 Å². The number of allylic oxidation sites excluding steroid dienone is 1. The molecular formula is C19H32N2O7. The highest BCUT2D eigenvalue weighted by Crippen LogP contribution is 2.30. The Morgan fingerprint density at radius 2 is 2.04 bits per heavy atom. The van der Waals surface area contributed by atoms with E-state index in [4.69, 9.17) is 14.2 Å². The van der Waals surface area contributed by atoms with Gasteiger partial charge in [-0.2, -0.15) is 0 Å². The molecule has 0 aliphatic carbocycles. The van der Waals surface area contributed by atoms with E-state index in [9.17, 15) is 19.8 Å². The molecule has 0 radical (unpaired) electrons. The minimum atomic E-state index is -1.14. The molecule has 2 amide bonds. The van der Waals surface area contributed by atoms with Crippen LogP contribution in [0.5, 0.6) is 0 Å². The normalized spacial score (nSPS) is 34.9. The maximum absolute atomic E-state index is 12.9.